The number of methoxy groups -OCH3 is 1. The molecule has 0 fully saturated rings. The fraction of sp³-hybridized carbons (Fsp3) is 0.522. The van der Waals surface area contributed by atoms with Gasteiger partial charge in [0.2, 0.25) is 0 Å². The number of rotatable bonds is 12. The number of aliphatic hydroxyl groups is 1. The smallest absolute Gasteiger partial charge is 0.335 e. The first-order chi connectivity index (χ1) is 12.9. The Bertz CT molecular complexity index is 623. The summed E-state index contributed by atoms with van der Waals surface area (Å²) in [6, 6.07) is 2.02. The maximum Gasteiger partial charge on any atom is 0.335 e. The Hall–Kier alpha value is -2.07. The molecule has 0 bridgehead atoms. The Balaban J connectivity index is 2.24. The molecule has 0 aliphatic rings. The van der Waals surface area contributed by atoms with Gasteiger partial charge in [-0.15, -0.1) is 0 Å². The van der Waals surface area contributed by atoms with Gasteiger partial charge in [0, 0.05) is 6.42 Å². The molecule has 0 spiro atoms. The van der Waals surface area contributed by atoms with Crippen LogP contribution in [0, 0.1) is 5.92 Å². The van der Waals surface area contributed by atoms with E-state index in [4.69, 9.17) is 4.42 Å². The second-order valence-electron chi connectivity index (χ2n) is 7.23. The topological polar surface area (TPSA) is 59.7 Å². The van der Waals surface area contributed by atoms with Crippen LogP contribution in [0.2, 0.25) is 0 Å². The molecule has 0 aliphatic heterocycles. The molecule has 0 saturated heterocycles. The molecule has 0 aromatic carbocycles. The minimum absolute atomic E-state index is 0.331. The first-order valence-corrected chi connectivity index (χ1v) is 9.69. The molecular formula is C23H34O4. The van der Waals surface area contributed by atoms with Gasteiger partial charge in [-0.05, 0) is 63.5 Å². The number of aryl methyl sites for hydroxylation is 1. The number of allylic oxidation sites excluding steroid dienone is 5. The minimum atomic E-state index is -1.06. The van der Waals surface area contributed by atoms with Crippen molar-refractivity contribution in [2.45, 2.75) is 65.4 Å². The van der Waals surface area contributed by atoms with Crippen LogP contribution in [0.15, 0.2) is 58.5 Å². The Labute approximate surface area is 163 Å². The van der Waals surface area contributed by atoms with Crippen molar-refractivity contribution in [3.63, 3.8) is 0 Å². The van der Waals surface area contributed by atoms with Crippen LogP contribution in [0.25, 0.3) is 0 Å². The van der Waals surface area contributed by atoms with Crippen molar-refractivity contribution in [1.82, 2.24) is 0 Å². The number of esters is 1. The third kappa shape index (κ3) is 10.6. The average molecular weight is 375 g/mol. The third-order valence-corrected chi connectivity index (χ3v) is 4.54. The van der Waals surface area contributed by atoms with Gasteiger partial charge >= 0.3 is 5.97 Å². The molecule has 2 atom stereocenters. The second kappa shape index (κ2) is 13.2. The van der Waals surface area contributed by atoms with E-state index >= 15 is 0 Å². The van der Waals surface area contributed by atoms with Crippen LogP contribution in [0.5, 0.6) is 0 Å². The summed E-state index contributed by atoms with van der Waals surface area (Å²) in [5, 5.41) is 9.64. The molecule has 1 heterocycles. The monoisotopic (exact) mass is 374 g/mol. The summed E-state index contributed by atoms with van der Waals surface area (Å²) in [6.45, 7) is 6.30. The number of carbonyl (C=O) groups is 1. The van der Waals surface area contributed by atoms with Gasteiger partial charge < -0.3 is 14.3 Å². The van der Waals surface area contributed by atoms with Crippen LogP contribution in [0.3, 0.4) is 0 Å². The number of carbonyl (C=O) groups excluding carboxylic acids is 1. The highest BCUT2D eigenvalue weighted by Gasteiger charge is 2.15. The lowest BCUT2D eigenvalue weighted by Crippen LogP contribution is -2.21. The maximum atomic E-state index is 11.2. The van der Waals surface area contributed by atoms with Crippen molar-refractivity contribution >= 4 is 5.97 Å². The van der Waals surface area contributed by atoms with E-state index in [1.165, 1.54) is 18.2 Å². The molecule has 4 nitrogen and oxygen atoms in total. The van der Waals surface area contributed by atoms with E-state index in [0.717, 1.165) is 37.7 Å². The SMILES string of the molecule is COC(=O)C(O)CC(C)=CCCC(C)C=CC=C(C)CCCc1ccoc1. The first-order valence-electron chi connectivity index (χ1n) is 9.69. The summed E-state index contributed by atoms with van der Waals surface area (Å²) < 4.78 is 9.61. The van der Waals surface area contributed by atoms with Gasteiger partial charge in [0.25, 0.3) is 0 Å². The third-order valence-electron chi connectivity index (χ3n) is 4.54. The number of aliphatic hydroxyl groups excluding tert-OH is 1. The zero-order chi connectivity index (χ0) is 20.1. The van der Waals surface area contributed by atoms with Crippen molar-refractivity contribution in [1.29, 1.82) is 0 Å². The molecule has 2 unspecified atom stereocenters. The fourth-order valence-electron chi connectivity index (χ4n) is 2.80. The lowest BCUT2D eigenvalue weighted by atomic mass is 10.0. The van der Waals surface area contributed by atoms with Gasteiger partial charge in [0.15, 0.2) is 6.10 Å². The molecule has 0 amide bonds. The fourth-order valence-corrected chi connectivity index (χ4v) is 2.80. The summed E-state index contributed by atoms with van der Waals surface area (Å²) >= 11 is 0. The predicted molar refractivity (Wildman–Crippen MR) is 109 cm³/mol. The Kier molecular flexibility index (Phi) is 11.2. The largest absolute Gasteiger partial charge is 0.472 e. The van der Waals surface area contributed by atoms with Gasteiger partial charge in [0.1, 0.15) is 0 Å². The Morgan fingerprint density at radius 3 is 2.78 bits per heavy atom. The zero-order valence-corrected chi connectivity index (χ0v) is 17.1. The van der Waals surface area contributed by atoms with Crippen molar-refractivity contribution in [2.75, 3.05) is 7.11 Å². The van der Waals surface area contributed by atoms with Crippen molar-refractivity contribution in [3.05, 3.63) is 59.6 Å². The molecule has 4 heteroatoms. The lowest BCUT2D eigenvalue weighted by Gasteiger charge is -2.09. The molecular weight excluding hydrogens is 340 g/mol. The molecule has 1 aromatic rings. The highest BCUT2D eigenvalue weighted by Crippen LogP contribution is 2.14. The maximum absolute atomic E-state index is 11.2. The van der Waals surface area contributed by atoms with E-state index < -0.39 is 12.1 Å². The standard InChI is InChI=1S/C23H34O4/c1-18(10-6-12-20(3)16-22(24)23(25)26-4)8-5-9-19(2)11-7-13-21-14-15-27-17-21/h5,8-9,12,14-15,17-18,22,24H,6-7,10-11,13,16H2,1-4H3. The molecule has 0 radical (unpaired) electrons. The second-order valence-corrected chi connectivity index (χ2v) is 7.23. The number of hydrogen-bond donors (Lipinski definition) is 1. The van der Waals surface area contributed by atoms with Gasteiger partial charge in [-0.1, -0.05) is 42.4 Å². The summed E-state index contributed by atoms with van der Waals surface area (Å²) in [5.74, 6) is -0.0967. The van der Waals surface area contributed by atoms with Crippen LogP contribution in [0.1, 0.15) is 58.4 Å². The molecule has 1 aromatic heterocycles. The van der Waals surface area contributed by atoms with E-state index in [0.29, 0.717) is 12.3 Å². The van der Waals surface area contributed by atoms with Gasteiger partial charge in [0.05, 0.1) is 19.6 Å². The Morgan fingerprint density at radius 1 is 1.33 bits per heavy atom. The molecule has 0 aliphatic carbocycles. The molecule has 1 rings (SSSR count). The predicted octanol–water partition coefficient (Wildman–Crippen LogP) is 5.39. The molecule has 150 valence electrons. The van der Waals surface area contributed by atoms with Crippen LogP contribution >= 0.6 is 0 Å². The van der Waals surface area contributed by atoms with E-state index in [2.05, 4.69) is 42.9 Å². The minimum Gasteiger partial charge on any atom is -0.472 e. The van der Waals surface area contributed by atoms with Crippen LogP contribution in [-0.2, 0) is 16.0 Å². The molecule has 27 heavy (non-hydrogen) atoms. The molecule has 0 saturated carbocycles. The van der Waals surface area contributed by atoms with E-state index in [-0.39, 0.29) is 0 Å². The van der Waals surface area contributed by atoms with Gasteiger partial charge in [-0.2, -0.15) is 0 Å². The van der Waals surface area contributed by atoms with E-state index in [9.17, 15) is 9.90 Å². The summed E-state index contributed by atoms with van der Waals surface area (Å²) in [5.41, 5.74) is 3.65. The van der Waals surface area contributed by atoms with Gasteiger partial charge in [-0.3, -0.25) is 0 Å². The number of ether oxygens (including phenoxy) is 1. The van der Waals surface area contributed by atoms with E-state index in [1.54, 1.807) is 6.26 Å². The van der Waals surface area contributed by atoms with Crippen LogP contribution < -0.4 is 0 Å². The number of hydrogen-bond acceptors (Lipinski definition) is 4. The van der Waals surface area contributed by atoms with Crippen molar-refractivity contribution in [3.8, 4) is 0 Å². The first kappa shape index (κ1) is 23.0. The summed E-state index contributed by atoms with van der Waals surface area (Å²) in [4.78, 5) is 11.2. The van der Waals surface area contributed by atoms with Crippen LogP contribution in [0.4, 0.5) is 0 Å². The van der Waals surface area contributed by atoms with Gasteiger partial charge in [-0.25, -0.2) is 4.79 Å². The van der Waals surface area contributed by atoms with Crippen molar-refractivity contribution < 1.29 is 19.1 Å². The van der Waals surface area contributed by atoms with Crippen LogP contribution in [-0.4, -0.2) is 24.3 Å². The normalized spacial score (nSPS) is 15.1. The van der Waals surface area contributed by atoms with E-state index in [1.807, 2.05) is 19.3 Å². The highest BCUT2D eigenvalue weighted by molar-refractivity contribution is 5.74. The van der Waals surface area contributed by atoms with Crippen molar-refractivity contribution in [2.24, 2.45) is 5.92 Å². The average Bonchev–Trinajstić information content (AvgIpc) is 3.14. The highest BCUT2D eigenvalue weighted by atomic mass is 16.5. The zero-order valence-electron chi connectivity index (χ0n) is 17.1. The number of furan rings is 1. The summed E-state index contributed by atoms with van der Waals surface area (Å²) in [6.07, 6.45) is 16.7. The quantitative estimate of drug-likeness (QED) is 0.303. The Morgan fingerprint density at radius 2 is 2.11 bits per heavy atom. The summed E-state index contributed by atoms with van der Waals surface area (Å²) in [7, 11) is 1.29. The lowest BCUT2D eigenvalue weighted by molar-refractivity contribution is -0.150. The molecule has 1 N–H and O–H groups in total.